The number of likely N-dealkylation sites (tertiary alicyclic amines) is 1. The molecule has 0 aromatic heterocycles. The van der Waals surface area contributed by atoms with Crippen LogP contribution < -0.4 is 5.32 Å². The maximum absolute atomic E-state index is 12.0. The quantitative estimate of drug-likeness (QED) is 0.848. The fourth-order valence-corrected chi connectivity index (χ4v) is 3.12. The van der Waals surface area contributed by atoms with Crippen molar-refractivity contribution in [3.8, 4) is 0 Å². The van der Waals surface area contributed by atoms with Crippen molar-refractivity contribution in [1.82, 2.24) is 10.2 Å². The number of carbonyl (C=O) groups is 2. The second-order valence-corrected chi connectivity index (χ2v) is 5.91. The summed E-state index contributed by atoms with van der Waals surface area (Å²) in [5, 5.41) is 2.52. The van der Waals surface area contributed by atoms with E-state index in [4.69, 9.17) is 4.74 Å². The first-order valence-corrected chi connectivity index (χ1v) is 7.28. The summed E-state index contributed by atoms with van der Waals surface area (Å²) in [5.41, 5.74) is 0. The summed E-state index contributed by atoms with van der Waals surface area (Å²) >= 11 is 0. The van der Waals surface area contributed by atoms with Crippen LogP contribution >= 0.6 is 0 Å². The molecule has 2 amide bonds. The van der Waals surface area contributed by atoms with E-state index in [1.165, 1.54) is 25.7 Å². The monoisotopic (exact) mass is 268 g/mol. The smallest absolute Gasteiger partial charge is 0.407 e. The van der Waals surface area contributed by atoms with Crippen LogP contribution in [0, 0.1) is 11.8 Å². The molecule has 0 aromatic rings. The minimum atomic E-state index is -0.514. The van der Waals surface area contributed by atoms with Crippen LogP contribution in [0.2, 0.25) is 0 Å². The lowest BCUT2D eigenvalue weighted by Gasteiger charge is -2.22. The summed E-state index contributed by atoms with van der Waals surface area (Å²) < 4.78 is 4.94. The number of ether oxygens (including phenoxy) is 1. The van der Waals surface area contributed by atoms with Gasteiger partial charge < -0.3 is 15.0 Å². The molecule has 1 aliphatic carbocycles. The lowest BCUT2D eigenvalue weighted by Crippen LogP contribution is -2.39. The van der Waals surface area contributed by atoms with E-state index in [9.17, 15) is 9.59 Å². The molecule has 0 unspecified atom stereocenters. The van der Waals surface area contributed by atoms with E-state index in [1.807, 2.05) is 4.90 Å². The van der Waals surface area contributed by atoms with E-state index in [0.717, 1.165) is 13.1 Å². The van der Waals surface area contributed by atoms with Crippen LogP contribution in [-0.2, 0) is 9.53 Å². The highest BCUT2D eigenvalue weighted by Gasteiger charge is 2.36. The first kappa shape index (κ1) is 14.2. The third-order valence-corrected chi connectivity index (χ3v) is 4.06. The molecule has 1 saturated carbocycles. The van der Waals surface area contributed by atoms with Crippen LogP contribution in [0.1, 0.15) is 39.5 Å². The molecule has 1 aliphatic heterocycles. The van der Waals surface area contributed by atoms with Gasteiger partial charge in [-0.25, -0.2) is 4.79 Å². The van der Waals surface area contributed by atoms with Gasteiger partial charge in [0.05, 0.1) is 6.10 Å². The number of hydrogen-bond donors (Lipinski definition) is 1. The van der Waals surface area contributed by atoms with Gasteiger partial charge in [0.1, 0.15) is 6.54 Å². The Balaban J connectivity index is 1.73. The number of nitrogens with zero attached hydrogens (tertiary/aromatic N) is 1. The maximum Gasteiger partial charge on any atom is 0.407 e. The van der Waals surface area contributed by atoms with Crippen molar-refractivity contribution in [3.05, 3.63) is 0 Å². The van der Waals surface area contributed by atoms with Gasteiger partial charge in [-0.1, -0.05) is 12.8 Å². The number of nitrogens with one attached hydrogen (secondary N) is 1. The summed E-state index contributed by atoms with van der Waals surface area (Å²) in [6, 6.07) is 0. The van der Waals surface area contributed by atoms with E-state index in [2.05, 4.69) is 5.32 Å². The Labute approximate surface area is 114 Å². The minimum absolute atomic E-state index is 0.00936. The topological polar surface area (TPSA) is 58.6 Å². The second-order valence-electron chi connectivity index (χ2n) is 5.91. The summed E-state index contributed by atoms with van der Waals surface area (Å²) in [7, 11) is 0. The van der Waals surface area contributed by atoms with Crippen molar-refractivity contribution < 1.29 is 14.3 Å². The summed E-state index contributed by atoms with van der Waals surface area (Å²) in [6.07, 6.45) is 4.41. The Morgan fingerprint density at radius 2 is 1.79 bits per heavy atom. The van der Waals surface area contributed by atoms with Gasteiger partial charge in [0, 0.05) is 13.1 Å². The summed E-state index contributed by atoms with van der Waals surface area (Å²) in [6.45, 7) is 5.35. The Bertz CT molecular complexity index is 330. The standard InChI is InChI=1S/C14H24N2O3/c1-10(2)19-14(18)15-7-13(17)16-8-11-5-3-4-6-12(11)9-16/h10-12H,3-9H2,1-2H3,(H,15,18)/t11-,12+. The van der Waals surface area contributed by atoms with E-state index in [1.54, 1.807) is 13.8 Å². The molecule has 2 rings (SSSR count). The highest BCUT2D eigenvalue weighted by Crippen LogP contribution is 2.35. The molecule has 5 nitrogen and oxygen atoms in total. The third-order valence-electron chi connectivity index (χ3n) is 4.06. The predicted octanol–water partition coefficient (Wildman–Crippen LogP) is 1.77. The van der Waals surface area contributed by atoms with Gasteiger partial charge in [-0.05, 0) is 38.5 Å². The van der Waals surface area contributed by atoms with Gasteiger partial charge in [-0.2, -0.15) is 0 Å². The molecule has 1 saturated heterocycles. The molecule has 2 aliphatic rings. The Morgan fingerprint density at radius 3 is 2.32 bits per heavy atom. The Kier molecular flexibility index (Phi) is 4.66. The minimum Gasteiger partial charge on any atom is -0.447 e. The van der Waals surface area contributed by atoms with Crippen LogP contribution in [0.4, 0.5) is 4.79 Å². The van der Waals surface area contributed by atoms with Crippen molar-refractivity contribution in [2.75, 3.05) is 19.6 Å². The van der Waals surface area contributed by atoms with Crippen molar-refractivity contribution in [3.63, 3.8) is 0 Å². The first-order valence-electron chi connectivity index (χ1n) is 7.28. The largest absolute Gasteiger partial charge is 0.447 e. The molecule has 0 aromatic carbocycles. The number of amides is 2. The first-order chi connectivity index (χ1) is 9.06. The van der Waals surface area contributed by atoms with Gasteiger partial charge >= 0.3 is 6.09 Å². The molecule has 5 heteroatoms. The number of carbonyl (C=O) groups excluding carboxylic acids is 2. The highest BCUT2D eigenvalue weighted by atomic mass is 16.6. The maximum atomic E-state index is 12.0. The van der Waals surface area contributed by atoms with Crippen LogP contribution in [0.3, 0.4) is 0 Å². The SMILES string of the molecule is CC(C)OC(=O)NCC(=O)N1C[C@H]2CCCC[C@H]2C1. The average Bonchev–Trinajstić information content (AvgIpc) is 2.78. The Morgan fingerprint density at radius 1 is 1.21 bits per heavy atom. The molecule has 1 heterocycles. The molecule has 2 fully saturated rings. The highest BCUT2D eigenvalue weighted by molar-refractivity contribution is 5.82. The third kappa shape index (κ3) is 3.85. The van der Waals surface area contributed by atoms with E-state index in [0.29, 0.717) is 11.8 Å². The van der Waals surface area contributed by atoms with Crippen LogP contribution in [0.15, 0.2) is 0 Å². The van der Waals surface area contributed by atoms with Crippen molar-refractivity contribution in [2.24, 2.45) is 11.8 Å². The zero-order chi connectivity index (χ0) is 13.8. The molecule has 0 radical (unpaired) electrons. The van der Waals surface area contributed by atoms with Gasteiger partial charge in [0.15, 0.2) is 0 Å². The van der Waals surface area contributed by atoms with Crippen molar-refractivity contribution in [2.45, 2.75) is 45.6 Å². The average molecular weight is 268 g/mol. The number of hydrogen-bond acceptors (Lipinski definition) is 3. The molecule has 1 N–H and O–H groups in total. The number of rotatable bonds is 3. The predicted molar refractivity (Wildman–Crippen MR) is 71.6 cm³/mol. The molecule has 108 valence electrons. The van der Waals surface area contributed by atoms with Gasteiger partial charge in [-0.3, -0.25) is 4.79 Å². The molecule has 0 spiro atoms. The molecule has 0 bridgehead atoms. The second kappa shape index (κ2) is 6.26. The zero-order valence-electron chi connectivity index (χ0n) is 11.9. The molecular formula is C14H24N2O3. The van der Waals surface area contributed by atoms with Crippen molar-refractivity contribution >= 4 is 12.0 Å². The van der Waals surface area contributed by atoms with Gasteiger partial charge in [0.25, 0.3) is 0 Å². The number of fused-ring (bicyclic) bond motifs is 1. The van der Waals surface area contributed by atoms with E-state index in [-0.39, 0.29) is 18.6 Å². The van der Waals surface area contributed by atoms with E-state index >= 15 is 0 Å². The van der Waals surface area contributed by atoms with Crippen LogP contribution in [0.5, 0.6) is 0 Å². The van der Waals surface area contributed by atoms with Gasteiger partial charge in [-0.15, -0.1) is 0 Å². The molecular weight excluding hydrogens is 244 g/mol. The Hall–Kier alpha value is -1.26. The fraction of sp³-hybridized carbons (Fsp3) is 0.857. The fourth-order valence-electron chi connectivity index (χ4n) is 3.12. The zero-order valence-corrected chi connectivity index (χ0v) is 11.9. The molecule has 19 heavy (non-hydrogen) atoms. The van der Waals surface area contributed by atoms with Crippen LogP contribution in [0.25, 0.3) is 0 Å². The number of alkyl carbamates (subject to hydrolysis) is 1. The lowest BCUT2D eigenvalue weighted by molar-refractivity contribution is -0.129. The normalized spacial score (nSPS) is 26.2. The van der Waals surface area contributed by atoms with E-state index < -0.39 is 6.09 Å². The molecule has 2 atom stereocenters. The van der Waals surface area contributed by atoms with Gasteiger partial charge in [0.2, 0.25) is 5.91 Å². The van der Waals surface area contributed by atoms with Crippen LogP contribution in [-0.4, -0.2) is 42.6 Å². The summed E-state index contributed by atoms with van der Waals surface area (Å²) in [4.78, 5) is 25.3. The van der Waals surface area contributed by atoms with Crippen molar-refractivity contribution in [1.29, 1.82) is 0 Å². The lowest BCUT2D eigenvalue weighted by atomic mass is 9.82. The summed E-state index contributed by atoms with van der Waals surface area (Å²) in [5.74, 6) is 1.37.